The molecule has 0 saturated heterocycles. The summed E-state index contributed by atoms with van der Waals surface area (Å²) in [4.78, 5) is 2.15. The molecule has 2 heteroatoms. The summed E-state index contributed by atoms with van der Waals surface area (Å²) in [5.41, 5.74) is 1.18. The first kappa shape index (κ1) is 11.4. The van der Waals surface area contributed by atoms with Crippen LogP contribution in [0.25, 0.3) is 0 Å². The number of hydrogen-bond acceptors (Lipinski definition) is 2. The van der Waals surface area contributed by atoms with Crippen molar-refractivity contribution in [3.05, 3.63) is 24.8 Å². The zero-order valence-electron chi connectivity index (χ0n) is 7.92. The highest BCUT2D eigenvalue weighted by Crippen LogP contribution is 1.98. The van der Waals surface area contributed by atoms with Crippen LogP contribution in [0, 0.1) is 0 Å². The number of hydrogen-bond donors (Lipinski definition) is 1. The van der Waals surface area contributed by atoms with Gasteiger partial charge < -0.3 is 5.11 Å². The highest BCUT2D eigenvalue weighted by atomic mass is 16.3. The highest BCUT2D eigenvalue weighted by Gasteiger charge is 2.00. The van der Waals surface area contributed by atoms with Gasteiger partial charge in [0.2, 0.25) is 0 Å². The van der Waals surface area contributed by atoms with Crippen molar-refractivity contribution in [2.75, 3.05) is 26.2 Å². The van der Waals surface area contributed by atoms with Crippen molar-refractivity contribution in [2.45, 2.75) is 13.3 Å². The Labute approximate surface area is 75.2 Å². The molecule has 0 aliphatic rings. The van der Waals surface area contributed by atoms with E-state index in [-0.39, 0.29) is 6.61 Å². The van der Waals surface area contributed by atoms with Gasteiger partial charge >= 0.3 is 0 Å². The van der Waals surface area contributed by atoms with Crippen LogP contribution in [-0.2, 0) is 0 Å². The molecule has 0 amide bonds. The molecular weight excluding hydrogens is 150 g/mol. The molecule has 0 heterocycles. The first-order chi connectivity index (χ1) is 5.70. The second-order valence-corrected chi connectivity index (χ2v) is 3.02. The van der Waals surface area contributed by atoms with Crippen LogP contribution in [-0.4, -0.2) is 36.2 Å². The molecule has 70 valence electrons. The van der Waals surface area contributed by atoms with E-state index in [4.69, 9.17) is 5.11 Å². The average Bonchev–Trinajstić information content (AvgIpc) is 2.01. The molecule has 0 aliphatic heterocycles. The predicted octanol–water partition coefficient (Wildman–Crippen LogP) is 1.43. The lowest BCUT2D eigenvalue weighted by Gasteiger charge is -2.18. The van der Waals surface area contributed by atoms with Crippen molar-refractivity contribution in [3.63, 3.8) is 0 Å². The molecule has 0 saturated carbocycles. The summed E-state index contributed by atoms with van der Waals surface area (Å²) in [6.45, 7) is 12.3. The maximum absolute atomic E-state index is 8.73. The maximum atomic E-state index is 8.73. The van der Waals surface area contributed by atoms with Gasteiger partial charge in [-0.15, -0.1) is 13.2 Å². The van der Waals surface area contributed by atoms with Gasteiger partial charge in [-0.1, -0.05) is 11.6 Å². The highest BCUT2D eigenvalue weighted by molar-refractivity contribution is 4.89. The Kier molecular flexibility index (Phi) is 6.72. The van der Waals surface area contributed by atoms with E-state index in [9.17, 15) is 0 Å². The topological polar surface area (TPSA) is 23.5 Å². The third-order valence-corrected chi connectivity index (χ3v) is 1.66. The van der Waals surface area contributed by atoms with E-state index in [1.807, 2.05) is 13.0 Å². The summed E-state index contributed by atoms with van der Waals surface area (Å²) < 4.78 is 0. The van der Waals surface area contributed by atoms with Gasteiger partial charge in [-0.2, -0.15) is 0 Å². The number of aliphatic hydroxyl groups is 1. The molecule has 0 aromatic heterocycles. The lowest BCUT2D eigenvalue weighted by Crippen LogP contribution is -2.28. The minimum atomic E-state index is 0.212. The molecule has 0 atom stereocenters. The molecule has 0 aromatic rings. The van der Waals surface area contributed by atoms with Crippen LogP contribution < -0.4 is 0 Å². The fourth-order valence-corrected chi connectivity index (χ4v) is 0.967. The number of aliphatic hydroxyl groups excluding tert-OH is 1. The Morgan fingerprint density at radius 3 is 2.58 bits per heavy atom. The molecule has 0 spiro atoms. The van der Waals surface area contributed by atoms with Gasteiger partial charge in [-0.05, 0) is 13.3 Å². The van der Waals surface area contributed by atoms with E-state index in [0.717, 1.165) is 26.1 Å². The Morgan fingerprint density at radius 1 is 1.50 bits per heavy atom. The summed E-state index contributed by atoms with van der Waals surface area (Å²) in [6.07, 6.45) is 2.85. The fraction of sp³-hybridized carbons (Fsp3) is 0.600. The van der Waals surface area contributed by atoms with Crippen molar-refractivity contribution in [1.29, 1.82) is 0 Å². The van der Waals surface area contributed by atoms with E-state index in [1.54, 1.807) is 0 Å². The molecule has 2 nitrogen and oxygen atoms in total. The first-order valence-corrected chi connectivity index (χ1v) is 4.29. The van der Waals surface area contributed by atoms with Gasteiger partial charge in [0.05, 0.1) is 6.61 Å². The van der Waals surface area contributed by atoms with Crippen LogP contribution in [0.5, 0.6) is 0 Å². The largest absolute Gasteiger partial charge is 0.395 e. The lowest BCUT2D eigenvalue weighted by molar-refractivity contribution is 0.210. The van der Waals surface area contributed by atoms with Crippen LogP contribution in [0.2, 0.25) is 0 Å². The fourth-order valence-electron chi connectivity index (χ4n) is 0.967. The number of nitrogens with zero attached hydrogens (tertiary/aromatic N) is 1. The SMILES string of the molecule is C=CCN(CCO)CCC(=C)C. The Hall–Kier alpha value is -0.600. The maximum Gasteiger partial charge on any atom is 0.0558 e. The molecule has 0 aromatic carbocycles. The van der Waals surface area contributed by atoms with Crippen LogP contribution in [0.15, 0.2) is 24.8 Å². The minimum absolute atomic E-state index is 0.212. The van der Waals surface area contributed by atoms with Gasteiger partial charge in [-0.25, -0.2) is 0 Å². The van der Waals surface area contributed by atoms with E-state index < -0.39 is 0 Å². The van der Waals surface area contributed by atoms with Crippen molar-refractivity contribution in [3.8, 4) is 0 Å². The summed E-state index contributed by atoms with van der Waals surface area (Å²) in [5.74, 6) is 0. The summed E-state index contributed by atoms with van der Waals surface area (Å²) >= 11 is 0. The Balaban J connectivity index is 3.61. The van der Waals surface area contributed by atoms with E-state index in [2.05, 4.69) is 18.1 Å². The van der Waals surface area contributed by atoms with Crippen LogP contribution >= 0.6 is 0 Å². The summed E-state index contributed by atoms with van der Waals surface area (Å²) in [5, 5.41) is 8.73. The lowest BCUT2D eigenvalue weighted by atomic mass is 10.2. The van der Waals surface area contributed by atoms with Crippen molar-refractivity contribution >= 4 is 0 Å². The van der Waals surface area contributed by atoms with Gasteiger partial charge in [0.25, 0.3) is 0 Å². The standard InChI is InChI=1S/C10H19NO/c1-4-6-11(8-9-12)7-5-10(2)3/h4,12H,1-2,5-9H2,3H3. The van der Waals surface area contributed by atoms with Gasteiger partial charge in [0, 0.05) is 19.6 Å². The third-order valence-electron chi connectivity index (χ3n) is 1.66. The normalized spacial score (nSPS) is 10.2. The average molecular weight is 169 g/mol. The summed E-state index contributed by atoms with van der Waals surface area (Å²) in [6, 6.07) is 0. The van der Waals surface area contributed by atoms with Crippen molar-refractivity contribution < 1.29 is 5.11 Å². The zero-order valence-corrected chi connectivity index (χ0v) is 7.92. The van der Waals surface area contributed by atoms with Crippen molar-refractivity contribution in [1.82, 2.24) is 4.90 Å². The molecular formula is C10H19NO. The van der Waals surface area contributed by atoms with E-state index >= 15 is 0 Å². The van der Waals surface area contributed by atoms with Gasteiger partial charge in [0.1, 0.15) is 0 Å². The molecule has 12 heavy (non-hydrogen) atoms. The molecule has 0 rings (SSSR count). The van der Waals surface area contributed by atoms with Gasteiger partial charge in [-0.3, -0.25) is 4.90 Å². The molecule has 0 fully saturated rings. The Morgan fingerprint density at radius 2 is 2.17 bits per heavy atom. The van der Waals surface area contributed by atoms with Gasteiger partial charge in [0.15, 0.2) is 0 Å². The second-order valence-electron chi connectivity index (χ2n) is 3.02. The Bertz CT molecular complexity index is 143. The smallest absolute Gasteiger partial charge is 0.0558 e. The zero-order chi connectivity index (χ0) is 9.40. The van der Waals surface area contributed by atoms with Crippen LogP contribution in [0.4, 0.5) is 0 Å². The monoisotopic (exact) mass is 169 g/mol. The molecule has 0 bridgehead atoms. The van der Waals surface area contributed by atoms with Crippen molar-refractivity contribution in [2.24, 2.45) is 0 Å². The second kappa shape index (κ2) is 7.07. The molecule has 0 radical (unpaired) electrons. The van der Waals surface area contributed by atoms with E-state index in [1.165, 1.54) is 5.57 Å². The predicted molar refractivity (Wildman–Crippen MR) is 53.2 cm³/mol. The molecule has 0 aliphatic carbocycles. The first-order valence-electron chi connectivity index (χ1n) is 4.29. The molecule has 0 unspecified atom stereocenters. The quantitative estimate of drug-likeness (QED) is 0.583. The summed E-state index contributed by atoms with van der Waals surface area (Å²) in [7, 11) is 0. The third kappa shape index (κ3) is 6.13. The van der Waals surface area contributed by atoms with Crippen LogP contribution in [0.3, 0.4) is 0 Å². The van der Waals surface area contributed by atoms with Crippen LogP contribution in [0.1, 0.15) is 13.3 Å². The van der Waals surface area contributed by atoms with E-state index in [0.29, 0.717) is 0 Å². The minimum Gasteiger partial charge on any atom is -0.395 e. The number of rotatable bonds is 7. The molecule has 1 N–H and O–H groups in total.